The predicted molar refractivity (Wildman–Crippen MR) is 64.8 cm³/mol. The zero-order valence-corrected chi connectivity index (χ0v) is 9.84. The molecule has 0 bridgehead atoms. The molecule has 17 heavy (non-hydrogen) atoms. The Balaban J connectivity index is 1.90. The number of hydrogen-bond acceptors (Lipinski definition) is 4. The summed E-state index contributed by atoms with van der Waals surface area (Å²) in [6, 6.07) is 2.21. The van der Waals surface area contributed by atoms with Gasteiger partial charge < -0.3 is 15.0 Å². The molecule has 2 aromatic rings. The lowest BCUT2D eigenvalue weighted by molar-refractivity contribution is 0.202. The highest BCUT2D eigenvalue weighted by Gasteiger charge is 2.24. The molecule has 3 rings (SSSR count). The first-order valence-electron chi connectivity index (χ1n) is 5.92. The summed E-state index contributed by atoms with van der Waals surface area (Å²) in [5.41, 5.74) is 7.74. The summed E-state index contributed by atoms with van der Waals surface area (Å²) >= 11 is 0. The highest BCUT2D eigenvalue weighted by Crippen LogP contribution is 2.26. The number of fused-ring (bicyclic) bond motifs is 1. The average Bonchev–Trinajstić information content (AvgIpc) is 2.88. The molecule has 1 fully saturated rings. The number of hydrogen-bond donors (Lipinski definition) is 1. The van der Waals surface area contributed by atoms with Crippen molar-refractivity contribution in [1.82, 2.24) is 14.5 Å². The second-order valence-electron chi connectivity index (χ2n) is 4.65. The van der Waals surface area contributed by atoms with Crippen molar-refractivity contribution >= 4 is 11.0 Å². The molecule has 1 aliphatic carbocycles. The van der Waals surface area contributed by atoms with Gasteiger partial charge in [0.05, 0.1) is 11.8 Å². The Bertz CT molecular complexity index is 536. The molecule has 0 amide bonds. The molecule has 5 heteroatoms. The topological polar surface area (TPSA) is 66.0 Å². The SMILES string of the molecule is Cn1cnc2c(OC3CCC(N)C3)nccc21. The number of imidazole rings is 1. The van der Waals surface area contributed by atoms with Crippen molar-refractivity contribution in [2.75, 3.05) is 0 Å². The number of nitrogens with two attached hydrogens (primary N) is 1. The van der Waals surface area contributed by atoms with Gasteiger partial charge in [-0.2, -0.15) is 0 Å². The molecule has 2 unspecified atom stereocenters. The summed E-state index contributed by atoms with van der Waals surface area (Å²) in [6.07, 6.45) is 6.67. The van der Waals surface area contributed by atoms with E-state index in [0.717, 1.165) is 30.3 Å². The summed E-state index contributed by atoms with van der Waals surface area (Å²) in [7, 11) is 1.96. The first-order chi connectivity index (χ1) is 8.24. The molecule has 0 radical (unpaired) electrons. The van der Waals surface area contributed by atoms with Crippen LogP contribution in [-0.2, 0) is 7.05 Å². The van der Waals surface area contributed by atoms with Crippen LogP contribution in [0.3, 0.4) is 0 Å². The monoisotopic (exact) mass is 232 g/mol. The molecule has 0 aliphatic heterocycles. The quantitative estimate of drug-likeness (QED) is 0.845. The van der Waals surface area contributed by atoms with E-state index in [2.05, 4.69) is 9.97 Å². The predicted octanol–water partition coefficient (Wildman–Crippen LogP) is 1.23. The van der Waals surface area contributed by atoms with Gasteiger partial charge in [-0.1, -0.05) is 0 Å². The lowest BCUT2D eigenvalue weighted by Crippen LogP contribution is -2.19. The van der Waals surface area contributed by atoms with Gasteiger partial charge in [0.2, 0.25) is 5.88 Å². The van der Waals surface area contributed by atoms with Crippen LogP contribution < -0.4 is 10.5 Å². The fourth-order valence-corrected chi connectivity index (χ4v) is 2.36. The zero-order chi connectivity index (χ0) is 11.8. The fraction of sp³-hybridized carbons (Fsp3) is 0.500. The number of rotatable bonds is 2. The van der Waals surface area contributed by atoms with Gasteiger partial charge in [0.25, 0.3) is 0 Å². The molecule has 0 spiro atoms. The maximum atomic E-state index is 5.91. The van der Waals surface area contributed by atoms with Crippen LogP contribution in [0.2, 0.25) is 0 Å². The molecule has 1 aliphatic rings. The van der Waals surface area contributed by atoms with Crippen LogP contribution >= 0.6 is 0 Å². The van der Waals surface area contributed by atoms with Gasteiger partial charge >= 0.3 is 0 Å². The van der Waals surface area contributed by atoms with Crippen LogP contribution in [0.25, 0.3) is 11.0 Å². The second kappa shape index (κ2) is 4.00. The van der Waals surface area contributed by atoms with Gasteiger partial charge in [-0.25, -0.2) is 9.97 Å². The molecule has 0 saturated heterocycles. The van der Waals surface area contributed by atoms with Crippen LogP contribution in [-0.4, -0.2) is 26.7 Å². The number of aromatic nitrogens is 3. The maximum absolute atomic E-state index is 5.91. The number of aryl methyl sites for hydroxylation is 1. The molecular weight excluding hydrogens is 216 g/mol. The van der Waals surface area contributed by atoms with E-state index in [1.807, 2.05) is 17.7 Å². The second-order valence-corrected chi connectivity index (χ2v) is 4.65. The Morgan fingerprint density at radius 2 is 2.29 bits per heavy atom. The molecule has 5 nitrogen and oxygen atoms in total. The highest BCUT2D eigenvalue weighted by molar-refractivity contribution is 5.79. The standard InChI is InChI=1S/C12H16N4O/c1-16-7-15-11-10(16)4-5-14-12(11)17-9-3-2-8(13)6-9/h4-5,7-9H,2-3,6,13H2,1H3. The van der Waals surface area contributed by atoms with Gasteiger partial charge in [0.15, 0.2) is 5.52 Å². The fourth-order valence-electron chi connectivity index (χ4n) is 2.36. The Hall–Kier alpha value is -1.62. The first kappa shape index (κ1) is 10.5. The minimum Gasteiger partial charge on any atom is -0.473 e. The molecule has 2 N–H and O–H groups in total. The number of pyridine rings is 1. The maximum Gasteiger partial charge on any atom is 0.242 e. The summed E-state index contributed by atoms with van der Waals surface area (Å²) in [5, 5.41) is 0. The van der Waals surface area contributed by atoms with E-state index in [0.29, 0.717) is 5.88 Å². The summed E-state index contributed by atoms with van der Waals surface area (Å²) in [4.78, 5) is 8.59. The minimum atomic E-state index is 0.185. The van der Waals surface area contributed by atoms with Gasteiger partial charge in [-0.15, -0.1) is 0 Å². The van der Waals surface area contributed by atoms with E-state index in [1.165, 1.54) is 0 Å². The normalized spacial score (nSPS) is 24.4. The summed E-state index contributed by atoms with van der Waals surface area (Å²) in [5.74, 6) is 0.627. The lowest BCUT2D eigenvalue weighted by Gasteiger charge is -2.12. The van der Waals surface area contributed by atoms with Gasteiger partial charge in [0, 0.05) is 19.3 Å². The van der Waals surface area contributed by atoms with Crippen molar-refractivity contribution in [1.29, 1.82) is 0 Å². The van der Waals surface area contributed by atoms with Crippen molar-refractivity contribution < 1.29 is 4.74 Å². The third-order valence-corrected chi connectivity index (χ3v) is 3.31. The van der Waals surface area contributed by atoms with E-state index in [1.54, 1.807) is 12.5 Å². The summed E-state index contributed by atoms with van der Waals surface area (Å²) < 4.78 is 7.87. The largest absolute Gasteiger partial charge is 0.473 e. The van der Waals surface area contributed by atoms with Crippen LogP contribution in [0, 0.1) is 0 Å². The molecule has 90 valence electrons. The zero-order valence-electron chi connectivity index (χ0n) is 9.84. The Morgan fingerprint density at radius 3 is 3.06 bits per heavy atom. The molecule has 2 atom stereocenters. The smallest absolute Gasteiger partial charge is 0.242 e. The molecule has 2 aromatic heterocycles. The van der Waals surface area contributed by atoms with Crippen molar-refractivity contribution in [2.24, 2.45) is 12.8 Å². The van der Waals surface area contributed by atoms with Crippen LogP contribution in [0.15, 0.2) is 18.6 Å². The van der Waals surface area contributed by atoms with Gasteiger partial charge in [-0.3, -0.25) is 0 Å². The Kier molecular flexibility index (Phi) is 2.48. The van der Waals surface area contributed by atoms with E-state index in [4.69, 9.17) is 10.5 Å². The summed E-state index contributed by atoms with van der Waals surface area (Å²) in [6.45, 7) is 0. The van der Waals surface area contributed by atoms with Crippen molar-refractivity contribution in [3.8, 4) is 5.88 Å². The van der Waals surface area contributed by atoms with E-state index >= 15 is 0 Å². The first-order valence-corrected chi connectivity index (χ1v) is 5.92. The van der Waals surface area contributed by atoms with Crippen LogP contribution in [0.4, 0.5) is 0 Å². The number of nitrogens with zero attached hydrogens (tertiary/aromatic N) is 3. The van der Waals surface area contributed by atoms with Crippen molar-refractivity contribution in [3.05, 3.63) is 18.6 Å². The van der Waals surface area contributed by atoms with Gasteiger partial charge in [-0.05, 0) is 25.3 Å². The third kappa shape index (κ3) is 1.86. The number of ether oxygens (including phenoxy) is 1. The van der Waals surface area contributed by atoms with E-state index in [9.17, 15) is 0 Å². The molecule has 2 heterocycles. The Morgan fingerprint density at radius 1 is 1.41 bits per heavy atom. The highest BCUT2D eigenvalue weighted by atomic mass is 16.5. The average molecular weight is 232 g/mol. The van der Waals surface area contributed by atoms with Crippen LogP contribution in [0.1, 0.15) is 19.3 Å². The van der Waals surface area contributed by atoms with Crippen LogP contribution in [0.5, 0.6) is 5.88 Å². The molecular formula is C12H16N4O. The van der Waals surface area contributed by atoms with E-state index < -0.39 is 0 Å². The van der Waals surface area contributed by atoms with Crippen molar-refractivity contribution in [3.63, 3.8) is 0 Å². The third-order valence-electron chi connectivity index (χ3n) is 3.31. The lowest BCUT2D eigenvalue weighted by atomic mass is 10.3. The minimum absolute atomic E-state index is 0.185. The molecule has 0 aromatic carbocycles. The molecule has 1 saturated carbocycles. The van der Waals surface area contributed by atoms with Crippen molar-refractivity contribution in [2.45, 2.75) is 31.4 Å². The Labute approximate surface area is 99.6 Å². The van der Waals surface area contributed by atoms with Gasteiger partial charge in [0.1, 0.15) is 6.10 Å². The van der Waals surface area contributed by atoms with E-state index in [-0.39, 0.29) is 12.1 Å².